The summed E-state index contributed by atoms with van der Waals surface area (Å²) in [5.41, 5.74) is 2.51. The first-order valence-corrected chi connectivity index (χ1v) is 6.69. The molecule has 0 radical (unpaired) electrons. The van der Waals surface area contributed by atoms with Gasteiger partial charge >= 0.3 is 5.97 Å². The number of fused-ring (bicyclic) bond motifs is 1. The van der Waals surface area contributed by atoms with E-state index in [0.29, 0.717) is 5.92 Å². The molecule has 4 atom stereocenters. The standard InChI is InChI=1S/C16H18O3/c1-10-12(8-11-6-4-3-5-7-11)9-13-14(10)16(18-2)19-15(13)17/h3-8,10,13-14,16H,9H2,1-2H3/b12-8+. The Bertz CT molecular complexity index is 506. The van der Waals surface area contributed by atoms with Crippen LogP contribution in [0.25, 0.3) is 6.08 Å². The molecule has 0 bridgehead atoms. The summed E-state index contributed by atoms with van der Waals surface area (Å²) in [5, 5.41) is 0. The SMILES string of the molecule is COC1OC(=O)C2C/C(=C\c3ccccc3)C(C)C12. The summed E-state index contributed by atoms with van der Waals surface area (Å²) in [6.45, 7) is 2.16. The second-order valence-corrected chi connectivity index (χ2v) is 5.35. The monoisotopic (exact) mass is 258 g/mol. The van der Waals surface area contributed by atoms with Crippen LogP contribution in [0.15, 0.2) is 35.9 Å². The normalized spacial score (nSPS) is 35.5. The Balaban J connectivity index is 1.88. The molecular weight excluding hydrogens is 240 g/mol. The zero-order valence-corrected chi connectivity index (χ0v) is 11.2. The van der Waals surface area contributed by atoms with E-state index in [4.69, 9.17) is 9.47 Å². The molecule has 1 saturated heterocycles. The van der Waals surface area contributed by atoms with E-state index in [0.717, 1.165) is 6.42 Å². The van der Waals surface area contributed by atoms with Crippen molar-refractivity contribution >= 4 is 12.0 Å². The number of allylic oxidation sites excluding steroid dienone is 1. The Kier molecular flexibility index (Phi) is 3.15. The Morgan fingerprint density at radius 1 is 1.32 bits per heavy atom. The van der Waals surface area contributed by atoms with Crippen molar-refractivity contribution in [1.82, 2.24) is 0 Å². The van der Waals surface area contributed by atoms with Crippen molar-refractivity contribution in [2.24, 2.45) is 17.8 Å². The number of hydrogen-bond acceptors (Lipinski definition) is 3. The number of esters is 1. The molecule has 0 amide bonds. The molecule has 1 aromatic rings. The van der Waals surface area contributed by atoms with Gasteiger partial charge in [-0.2, -0.15) is 0 Å². The molecule has 1 aliphatic heterocycles. The van der Waals surface area contributed by atoms with E-state index < -0.39 is 0 Å². The molecule has 19 heavy (non-hydrogen) atoms. The molecule has 1 heterocycles. The quantitative estimate of drug-likeness (QED) is 0.765. The molecular formula is C16H18O3. The van der Waals surface area contributed by atoms with Crippen molar-refractivity contribution in [3.8, 4) is 0 Å². The summed E-state index contributed by atoms with van der Waals surface area (Å²) in [7, 11) is 1.60. The fourth-order valence-corrected chi connectivity index (χ4v) is 3.28. The van der Waals surface area contributed by atoms with Gasteiger partial charge in [-0.3, -0.25) is 4.79 Å². The van der Waals surface area contributed by atoms with Crippen LogP contribution in [0.1, 0.15) is 18.9 Å². The van der Waals surface area contributed by atoms with Gasteiger partial charge in [-0.1, -0.05) is 48.9 Å². The highest BCUT2D eigenvalue weighted by molar-refractivity contribution is 5.77. The molecule has 100 valence electrons. The van der Waals surface area contributed by atoms with Gasteiger partial charge in [0.2, 0.25) is 6.29 Å². The van der Waals surface area contributed by atoms with Gasteiger partial charge in [-0.25, -0.2) is 0 Å². The van der Waals surface area contributed by atoms with Gasteiger partial charge in [0.15, 0.2) is 0 Å². The van der Waals surface area contributed by atoms with E-state index in [1.165, 1.54) is 11.1 Å². The van der Waals surface area contributed by atoms with E-state index in [-0.39, 0.29) is 24.1 Å². The van der Waals surface area contributed by atoms with Crippen LogP contribution < -0.4 is 0 Å². The molecule has 2 fully saturated rings. The summed E-state index contributed by atoms with van der Waals surface area (Å²) in [4.78, 5) is 11.8. The van der Waals surface area contributed by atoms with E-state index in [9.17, 15) is 4.79 Å². The highest BCUT2D eigenvalue weighted by Gasteiger charge is 2.52. The minimum Gasteiger partial charge on any atom is -0.435 e. The lowest BCUT2D eigenvalue weighted by molar-refractivity contribution is -0.163. The average molecular weight is 258 g/mol. The number of cyclic esters (lactones) is 1. The first-order valence-electron chi connectivity index (χ1n) is 6.69. The first kappa shape index (κ1) is 12.4. The van der Waals surface area contributed by atoms with Crippen molar-refractivity contribution in [3.05, 3.63) is 41.5 Å². The summed E-state index contributed by atoms with van der Waals surface area (Å²) in [5.74, 6) is 0.337. The van der Waals surface area contributed by atoms with E-state index in [1.54, 1.807) is 7.11 Å². The first-order chi connectivity index (χ1) is 9.20. The van der Waals surface area contributed by atoms with Crippen LogP contribution in [0.4, 0.5) is 0 Å². The highest BCUT2D eigenvalue weighted by atomic mass is 16.7. The van der Waals surface area contributed by atoms with Gasteiger partial charge in [0.1, 0.15) is 0 Å². The third-order valence-corrected chi connectivity index (χ3v) is 4.32. The van der Waals surface area contributed by atoms with Crippen molar-refractivity contribution in [2.45, 2.75) is 19.6 Å². The summed E-state index contributed by atoms with van der Waals surface area (Å²) in [6, 6.07) is 10.2. The molecule has 1 aliphatic carbocycles. The second kappa shape index (κ2) is 4.82. The largest absolute Gasteiger partial charge is 0.435 e. The highest BCUT2D eigenvalue weighted by Crippen LogP contribution is 2.48. The zero-order chi connectivity index (χ0) is 13.4. The van der Waals surface area contributed by atoms with Gasteiger partial charge in [0.25, 0.3) is 0 Å². The van der Waals surface area contributed by atoms with Crippen molar-refractivity contribution < 1.29 is 14.3 Å². The Hall–Kier alpha value is -1.61. The molecule has 0 spiro atoms. The number of hydrogen-bond donors (Lipinski definition) is 0. The van der Waals surface area contributed by atoms with Gasteiger partial charge < -0.3 is 9.47 Å². The van der Waals surface area contributed by atoms with Crippen molar-refractivity contribution in [3.63, 3.8) is 0 Å². The number of carbonyl (C=O) groups excluding carboxylic acids is 1. The van der Waals surface area contributed by atoms with E-state index >= 15 is 0 Å². The Morgan fingerprint density at radius 3 is 2.74 bits per heavy atom. The predicted octanol–water partition coefficient (Wildman–Crippen LogP) is 2.87. The van der Waals surface area contributed by atoms with Gasteiger partial charge in [0.05, 0.1) is 5.92 Å². The maximum Gasteiger partial charge on any atom is 0.312 e. The third-order valence-electron chi connectivity index (χ3n) is 4.32. The summed E-state index contributed by atoms with van der Waals surface area (Å²) < 4.78 is 10.6. The number of benzene rings is 1. The van der Waals surface area contributed by atoms with Crippen LogP contribution in [0.3, 0.4) is 0 Å². The second-order valence-electron chi connectivity index (χ2n) is 5.35. The third kappa shape index (κ3) is 2.08. The van der Waals surface area contributed by atoms with Crippen molar-refractivity contribution in [2.75, 3.05) is 7.11 Å². The molecule has 4 unspecified atom stereocenters. The number of methoxy groups -OCH3 is 1. The molecule has 3 heteroatoms. The van der Waals surface area contributed by atoms with Gasteiger partial charge in [0, 0.05) is 13.0 Å². The smallest absolute Gasteiger partial charge is 0.312 e. The molecule has 0 N–H and O–H groups in total. The lowest BCUT2D eigenvalue weighted by Gasteiger charge is -2.19. The molecule has 2 aliphatic rings. The minimum atomic E-state index is -0.380. The Morgan fingerprint density at radius 2 is 2.05 bits per heavy atom. The molecule has 3 rings (SSSR count). The fourth-order valence-electron chi connectivity index (χ4n) is 3.28. The molecule has 0 aromatic heterocycles. The predicted molar refractivity (Wildman–Crippen MR) is 72.1 cm³/mol. The maximum atomic E-state index is 11.8. The van der Waals surface area contributed by atoms with E-state index in [1.807, 2.05) is 18.2 Å². The number of carbonyl (C=O) groups is 1. The number of ether oxygens (including phenoxy) is 2. The summed E-state index contributed by atoms with van der Waals surface area (Å²) >= 11 is 0. The Labute approximate surface area is 113 Å². The van der Waals surface area contributed by atoms with Crippen LogP contribution in [0, 0.1) is 17.8 Å². The fraction of sp³-hybridized carbons (Fsp3) is 0.438. The molecule has 1 saturated carbocycles. The van der Waals surface area contributed by atoms with Crippen LogP contribution in [0.2, 0.25) is 0 Å². The topological polar surface area (TPSA) is 35.5 Å². The minimum absolute atomic E-state index is 0.0325. The van der Waals surface area contributed by atoms with Crippen molar-refractivity contribution in [1.29, 1.82) is 0 Å². The molecule has 3 nitrogen and oxygen atoms in total. The molecule has 1 aromatic carbocycles. The average Bonchev–Trinajstić information content (AvgIpc) is 2.91. The van der Waals surface area contributed by atoms with E-state index in [2.05, 4.69) is 25.1 Å². The van der Waals surface area contributed by atoms with Gasteiger partial charge in [-0.05, 0) is 17.9 Å². The summed E-state index contributed by atoms with van der Waals surface area (Å²) in [6.07, 6.45) is 2.61. The zero-order valence-electron chi connectivity index (χ0n) is 11.2. The van der Waals surface area contributed by atoms with Crippen LogP contribution in [0.5, 0.6) is 0 Å². The van der Waals surface area contributed by atoms with Crippen LogP contribution >= 0.6 is 0 Å². The maximum absolute atomic E-state index is 11.8. The van der Waals surface area contributed by atoms with Crippen LogP contribution in [-0.2, 0) is 14.3 Å². The van der Waals surface area contributed by atoms with Gasteiger partial charge in [-0.15, -0.1) is 0 Å². The van der Waals surface area contributed by atoms with Crippen LogP contribution in [-0.4, -0.2) is 19.4 Å². The lowest BCUT2D eigenvalue weighted by Crippen LogP contribution is -2.23. The lowest BCUT2D eigenvalue weighted by atomic mass is 9.91. The number of rotatable bonds is 2.